The zero-order valence-electron chi connectivity index (χ0n) is 14.6. The van der Waals surface area contributed by atoms with Crippen LogP contribution in [0.1, 0.15) is 28.9 Å². The summed E-state index contributed by atoms with van der Waals surface area (Å²) in [5.41, 5.74) is 3.79. The summed E-state index contributed by atoms with van der Waals surface area (Å²) in [4.78, 5) is 45.8. The van der Waals surface area contributed by atoms with E-state index in [0.717, 1.165) is 5.01 Å². The van der Waals surface area contributed by atoms with Crippen molar-refractivity contribution in [3.05, 3.63) is 69.8 Å². The van der Waals surface area contributed by atoms with Crippen LogP contribution in [-0.2, 0) is 9.59 Å². The zero-order chi connectivity index (χ0) is 20.4. The molecule has 2 aromatic carbocycles. The summed E-state index contributed by atoms with van der Waals surface area (Å²) in [5.74, 6) is -1.24. The number of anilines is 1. The molecule has 0 spiro atoms. The van der Waals surface area contributed by atoms with Crippen molar-refractivity contribution in [3.8, 4) is 0 Å². The third-order valence-electron chi connectivity index (χ3n) is 4.16. The number of rotatable bonds is 5. The number of hydrazine groups is 1. The number of benzene rings is 2. The van der Waals surface area contributed by atoms with Crippen LogP contribution in [0.15, 0.2) is 48.5 Å². The number of nitrogens with one attached hydrogen (secondary N) is 2. The number of nitro groups is 1. The number of halogens is 1. The fourth-order valence-corrected chi connectivity index (χ4v) is 3.14. The Hall–Kier alpha value is -3.46. The second kappa shape index (κ2) is 7.65. The lowest BCUT2D eigenvalue weighted by atomic mass is 9.95. The van der Waals surface area contributed by atoms with Crippen molar-refractivity contribution < 1.29 is 19.3 Å². The van der Waals surface area contributed by atoms with Crippen molar-refractivity contribution in [3.63, 3.8) is 0 Å². The van der Waals surface area contributed by atoms with E-state index in [0.29, 0.717) is 11.3 Å². The molecule has 9 nitrogen and oxygen atoms in total. The van der Waals surface area contributed by atoms with E-state index in [1.165, 1.54) is 43.3 Å². The van der Waals surface area contributed by atoms with Crippen LogP contribution in [0.3, 0.4) is 0 Å². The number of nitro benzene ring substituents is 1. The van der Waals surface area contributed by atoms with Crippen LogP contribution in [0.5, 0.6) is 0 Å². The predicted octanol–water partition coefficient (Wildman–Crippen LogP) is 2.39. The maximum absolute atomic E-state index is 12.4. The van der Waals surface area contributed by atoms with Gasteiger partial charge >= 0.3 is 0 Å². The SMILES string of the molecule is CC(=O)Nc1ccc(C(=O)NN2C(=O)[C@H](Cl)[C@@H]2c2ccc([N+](=O)[O-])cc2)cc1. The molecule has 1 fully saturated rings. The summed E-state index contributed by atoms with van der Waals surface area (Å²) in [5, 5.41) is 13.6. The van der Waals surface area contributed by atoms with Crippen LogP contribution in [-0.4, -0.2) is 33.0 Å². The van der Waals surface area contributed by atoms with Gasteiger partial charge < -0.3 is 5.32 Å². The molecule has 3 rings (SSSR count). The van der Waals surface area contributed by atoms with E-state index in [2.05, 4.69) is 10.7 Å². The van der Waals surface area contributed by atoms with Gasteiger partial charge in [0.15, 0.2) is 0 Å². The van der Waals surface area contributed by atoms with Gasteiger partial charge in [0.05, 0.1) is 4.92 Å². The number of carbonyl (C=O) groups excluding carboxylic acids is 3. The topological polar surface area (TPSA) is 122 Å². The highest BCUT2D eigenvalue weighted by atomic mass is 35.5. The van der Waals surface area contributed by atoms with E-state index in [1.54, 1.807) is 12.1 Å². The molecule has 1 saturated heterocycles. The first-order valence-corrected chi connectivity index (χ1v) is 8.61. The van der Waals surface area contributed by atoms with E-state index in [4.69, 9.17) is 11.6 Å². The van der Waals surface area contributed by atoms with Gasteiger partial charge in [-0.3, -0.25) is 29.9 Å². The van der Waals surface area contributed by atoms with E-state index in [-0.39, 0.29) is 17.2 Å². The van der Waals surface area contributed by atoms with E-state index < -0.39 is 28.2 Å². The monoisotopic (exact) mass is 402 g/mol. The molecule has 0 radical (unpaired) electrons. The van der Waals surface area contributed by atoms with E-state index in [9.17, 15) is 24.5 Å². The van der Waals surface area contributed by atoms with Crippen LogP contribution in [0.25, 0.3) is 0 Å². The zero-order valence-corrected chi connectivity index (χ0v) is 15.3. The van der Waals surface area contributed by atoms with Crippen LogP contribution in [0.4, 0.5) is 11.4 Å². The molecule has 1 aliphatic rings. The highest BCUT2D eigenvalue weighted by molar-refractivity contribution is 6.33. The Balaban J connectivity index is 1.72. The normalized spacial score (nSPS) is 18.2. The maximum Gasteiger partial charge on any atom is 0.269 e. The van der Waals surface area contributed by atoms with Crippen LogP contribution < -0.4 is 10.7 Å². The summed E-state index contributed by atoms with van der Waals surface area (Å²) in [7, 11) is 0. The molecule has 2 atom stereocenters. The van der Waals surface area contributed by atoms with Crippen LogP contribution in [0.2, 0.25) is 0 Å². The molecule has 2 N–H and O–H groups in total. The molecule has 0 saturated carbocycles. The van der Waals surface area contributed by atoms with Crippen molar-refractivity contribution in [2.75, 3.05) is 5.32 Å². The molecule has 1 aliphatic heterocycles. The predicted molar refractivity (Wildman–Crippen MR) is 101 cm³/mol. The minimum Gasteiger partial charge on any atom is -0.326 e. The number of nitrogens with zero attached hydrogens (tertiary/aromatic N) is 2. The summed E-state index contributed by atoms with van der Waals surface area (Å²) in [6, 6.07) is 11.1. The first-order valence-electron chi connectivity index (χ1n) is 8.18. The van der Waals surface area contributed by atoms with Gasteiger partial charge in [-0.1, -0.05) is 0 Å². The van der Waals surface area contributed by atoms with Crippen molar-refractivity contribution in [2.45, 2.75) is 18.3 Å². The Morgan fingerprint density at radius 1 is 1.11 bits per heavy atom. The second-order valence-corrected chi connectivity index (χ2v) is 6.57. The largest absolute Gasteiger partial charge is 0.326 e. The fourth-order valence-electron chi connectivity index (χ4n) is 2.77. The van der Waals surface area contributed by atoms with Gasteiger partial charge in [-0.15, -0.1) is 11.6 Å². The molecule has 0 unspecified atom stereocenters. The lowest BCUT2D eigenvalue weighted by Crippen LogP contribution is -2.63. The lowest BCUT2D eigenvalue weighted by molar-refractivity contribution is -0.384. The number of amides is 3. The summed E-state index contributed by atoms with van der Waals surface area (Å²) in [6.45, 7) is 1.37. The van der Waals surface area contributed by atoms with Gasteiger partial charge in [-0.25, -0.2) is 5.01 Å². The first kappa shape index (κ1) is 19.3. The summed E-state index contributed by atoms with van der Waals surface area (Å²) >= 11 is 6.08. The Kier molecular flexibility index (Phi) is 5.27. The summed E-state index contributed by atoms with van der Waals surface area (Å²) in [6.07, 6.45) is 0. The molecule has 0 aliphatic carbocycles. The highest BCUT2D eigenvalue weighted by Gasteiger charge is 2.48. The van der Waals surface area contributed by atoms with Crippen LogP contribution in [0, 0.1) is 10.1 Å². The number of alkyl halides is 1. The van der Waals surface area contributed by atoms with Gasteiger partial charge in [-0.2, -0.15) is 0 Å². The summed E-state index contributed by atoms with van der Waals surface area (Å²) < 4.78 is 0. The Morgan fingerprint density at radius 3 is 2.25 bits per heavy atom. The van der Waals surface area contributed by atoms with Crippen molar-refractivity contribution in [2.24, 2.45) is 0 Å². The molecule has 2 aromatic rings. The molecular formula is C18H15ClN4O5. The molecule has 0 bridgehead atoms. The van der Waals surface area contributed by atoms with E-state index in [1.807, 2.05) is 0 Å². The molecule has 1 heterocycles. The molecule has 144 valence electrons. The van der Waals surface area contributed by atoms with Gasteiger partial charge in [0.1, 0.15) is 11.4 Å². The molecule has 0 aromatic heterocycles. The fraction of sp³-hybridized carbons (Fsp3) is 0.167. The van der Waals surface area contributed by atoms with Crippen molar-refractivity contribution in [1.82, 2.24) is 10.4 Å². The Bertz CT molecular complexity index is 945. The average molecular weight is 403 g/mol. The third-order valence-corrected chi connectivity index (χ3v) is 4.59. The van der Waals surface area contributed by atoms with Gasteiger partial charge in [-0.05, 0) is 42.0 Å². The number of hydrogen-bond acceptors (Lipinski definition) is 5. The van der Waals surface area contributed by atoms with Crippen LogP contribution >= 0.6 is 11.6 Å². The van der Waals surface area contributed by atoms with Gasteiger partial charge in [0.25, 0.3) is 17.5 Å². The number of carbonyl (C=O) groups is 3. The number of non-ortho nitro benzene ring substituents is 1. The highest BCUT2D eigenvalue weighted by Crippen LogP contribution is 2.37. The average Bonchev–Trinajstić information content (AvgIpc) is 2.67. The maximum atomic E-state index is 12.4. The Morgan fingerprint density at radius 2 is 1.71 bits per heavy atom. The molecule has 28 heavy (non-hydrogen) atoms. The third kappa shape index (κ3) is 3.79. The van der Waals surface area contributed by atoms with E-state index >= 15 is 0 Å². The van der Waals surface area contributed by atoms with Crippen molar-refractivity contribution in [1.29, 1.82) is 0 Å². The standard InChI is InChI=1S/C18H15ClN4O5/c1-10(24)20-13-6-2-12(3-7-13)17(25)21-22-16(15(19)18(22)26)11-4-8-14(9-5-11)23(27)28/h2-9,15-16H,1H3,(H,20,24)(H,21,25)/t15-,16+/m1/s1. The minimum absolute atomic E-state index is 0.0876. The molecule has 10 heteroatoms. The lowest BCUT2D eigenvalue weighted by Gasteiger charge is -2.43. The molecule has 3 amide bonds. The van der Waals surface area contributed by atoms with Gasteiger partial charge in [0, 0.05) is 30.3 Å². The smallest absolute Gasteiger partial charge is 0.269 e. The molecular weight excluding hydrogens is 388 g/mol. The van der Waals surface area contributed by atoms with Gasteiger partial charge in [0.2, 0.25) is 5.91 Å². The second-order valence-electron chi connectivity index (χ2n) is 6.10. The Labute approximate surface area is 164 Å². The number of hydrogen-bond donors (Lipinski definition) is 2. The first-order chi connectivity index (χ1) is 13.3. The van der Waals surface area contributed by atoms with Crippen molar-refractivity contribution >= 4 is 40.7 Å². The minimum atomic E-state index is -0.885. The quantitative estimate of drug-likeness (QED) is 0.344. The number of β-lactam (4-membered cyclic amide) rings is 1.